The number of hydrogen-bond donors (Lipinski definition) is 0. The normalized spacial score (nSPS) is 11.6. The van der Waals surface area contributed by atoms with Crippen molar-refractivity contribution >= 4 is 7.05 Å². The summed E-state index contributed by atoms with van der Waals surface area (Å²) < 4.78 is 0. The van der Waals surface area contributed by atoms with Crippen LogP contribution in [0.2, 0.25) is 0 Å². The molecule has 0 aliphatic rings. The van der Waals surface area contributed by atoms with Gasteiger partial charge in [-0.25, -0.2) is 0 Å². The van der Waals surface area contributed by atoms with Crippen LogP contribution >= 0.6 is 0 Å². The molecule has 0 aromatic carbocycles. The predicted molar refractivity (Wildman–Crippen MR) is 81.2 cm³/mol. The molecule has 0 saturated heterocycles. The van der Waals surface area contributed by atoms with Crippen LogP contribution in [0, 0.1) is 17.8 Å². The third-order valence-electron chi connectivity index (χ3n) is 3.08. The average Bonchev–Trinajstić information content (AvgIpc) is 2.20. The monoisotopic (exact) mass is 245 g/mol. The van der Waals surface area contributed by atoms with Crippen LogP contribution in [0.4, 0.5) is 0 Å². The Bertz CT molecular complexity index is 341. The zero-order valence-corrected chi connectivity index (χ0v) is 13.0. The van der Waals surface area contributed by atoms with Gasteiger partial charge in [0.25, 0.3) is 0 Å². The summed E-state index contributed by atoms with van der Waals surface area (Å²) in [6, 6.07) is 0. The summed E-state index contributed by atoms with van der Waals surface area (Å²) >= 11 is 0. The van der Waals surface area contributed by atoms with Gasteiger partial charge in [0.2, 0.25) is 0 Å². The molecule has 100 valence electrons. The molecule has 0 unspecified atom stereocenters. The summed E-state index contributed by atoms with van der Waals surface area (Å²) in [5, 5.41) is 0. The van der Waals surface area contributed by atoms with Crippen LogP contribution in [-0.2, 0) is 19.3 Å². The first kappa shape index (κ1) is 15.4. The summed E-state index contributed by atoms with van der Waals surface area (Å²) in [4.78, 5) is 4.64. The van der Waals surface area contributed by atoms with Crippen LogP contribution in [-0.4, -0.2) is 11.9 Å². The second-order valence-electron chi connectivity index (χ2n) is 6.69. The molecule has 1 nitrogen and oxygen atoms in total. The zero-order chi connectivity index (χ0) is 13.7. The van der Waals surface area contributed by atoms with Gasteiger partial charge >= 0.3 is 113 Å². The first-order chi connectivity index (χ1) is 8.40. The van der Waals surface area contributed by atoms with Crippen molar-refractivity contribution in [2.45, 2.75) is 60.8 Å². The minimum absolute atomic E-state index is 0.678. The molecule has 0 bridgehead atoms. The Balaban J connectivity index is 3.08. The molecule has 0 radical (unpaired) electrons. The Labute approximate surface area is 114 Å². The Hall–Kier alpha value is -0.655. The van der Waals surface area contributed by atoms with E-state index in [2.05, 4.69) is 52.4 Å². The Morgan fingerprint density at radius 2 is 1.44 bits per heavy atom. The fourth-order valence-electron chi connectivity index (χ4n) is 2.43. The van der Waals surface area contributed by atoms with Crippen LogP contribution < -0.4 is 0 Å². The van der Waals surface area contributed by atoms with Crippen LogP contribution in [0.5, 0.6) is 0 Å². The first-order valence-corrected chi connectivity index (χ1v) is 7.35. The van der Waals surface area contributed by atoms with Crippen LogP contribution in [0.25, 0.3) is 0 Å². The quantitative estimate of drug-likeness (QED) is 0.737. The van der Waals surface area contributed by atoms with Crippen molar-refractivity contribution in [3.63, 3.8) is 0 Å². The van der Waals surface area contributed by atoms with E-state index in [4.69, 9.17) is 0 Å². The summed E-state index contributed by atoms with van der Waals surface area (Å²) in [6.45, 7) is 13.7. The molecule has 1 rings (SSSR count). The van der Waals surface area contributed by atoms with Crippen molar-refractivity contribution < 1.29 is 0 Å². The molecule has 0 aliphatic carbocycles. The van der Waals surface area contributed by atoms with Gasteiger partial charge in [-0.3, -0.25) is 0 Å². The molecule has 0 fully saturated rings. The Kier molecular flexibility index (Phi) is 6.04. The molecular weight excluding hydrogens is 217 g/mol. The van der Waals surface area contributed by atoms with E-state index in [0.29, 0.717) is 17.8 Å². The molecule has 1 aromatic rings. The second kappa shape index (κ2) is 7.06. The number of aromatic nitrogens is 1. The minimum atomic E-state index is 0.678. The predicted octanol–water partition coefficient (Wildman–Crippen LogP) is 4.02. The maximum absolute atomic E-state index is 4.64. The van der Waals surface area contributed by atoms with Gasteiger partial charge in [0.15, 0.2) is 0 Å². The fourth-order valence-corrected chi connectivity index (χ4v) is 2.43. The van der Waals surface area contributed by atoms with Crippen molar-refractivity contribution in [2.75, 3.05) is 0 Å². The van der Waals surface area contributed by atoms with Gasteiger partial charge < -0.3 is 0 Å². The Morgan fingerprint density at radius 1 is 0.889 bits per heavy atom. The molecular formula is C16H28BN. The van der Waals surface area contributed by atoms with Crippen LogP contribution in [0.1, 0.15) is 58.4 Å². The molecule has 1 heterocycles. The van der Waals surface area contributed by atoms with Gasteiger partial charge in [-0.2, -0.15) is 0 Å². The molecule has 0 saturated carbocycles. The SMILES string of the molecule is CC(C)Cc1cbnc(CC(C)C)c1CC(C)C. The molecule has 1 aromatic heterocycles. The van der Waals surface area contributed by atoms with Crippen molar-refractivity contribution in [2.24, 2.45) is 17.8 Å². The van der Waals surface area contributed by atoms with Crippen molar-refractivity contribution in [3.05, 3.63) is 22.8 Å². The van der Waals surface area contributed by atoms with E-state index in [1.54, 1.807) is 0 Å². The number of hydrogen-bond acceptors (Lipinski definition) is 1. The molecule has 0 aliphatic heterocycles. The summed E-state index contributed by atoms with van der Waals surface area (Å²) in [6.07, 6.45) is 3.45. The Morgan fingerprint density at radius 3 is 1.94 bits per heavy atom. The molecule has 0 atom stereocenters. The molecule has 2 heteroatoms. The van der Waals surface area contributed by atoms with Gasteiger partial charge in [0.05, 0.1) is 0 Å². The van der Waals surface area contributed by atoms with E-state index in [0.717, 1.165) is 12.8 Å². The number of nitrogens with zero attached hydrogens (tertiary/aromatic N) is 1. The maximum atomic E-state index is 4.64. The van der Waals surface area contributed by atoms with E-state index in [-0.39, 0.29) is 0 Å². The van der Waals surface area contributed by atoms with Gasteiger partial charge in [0.1, 0.15) is 0 Å². The topological polar surface area (TPSA) is 12.9 Å². The van der Waals surface area contributed by atoms with E-state index in [1.165, 1.54) is 23.2 Å². The average molecular weight is 245 g/mol. The molecule has 0 N–H and O–H groups in total. The van der Waals surface area contributed by atoms with Crippen molar-refractivity contribution in [1.29, 1.82) is 0 Å². The molecule has 0 amide bonds. The van der Waals surface area contributed by atoms with Crippen molar-refractivity contribution in [3.8, 4) is 0 Å². The van der Waals surface area contributed by atoms with Crippen LogP contribution in [0.15, 0.2) is 5.96 Å². The van der Waals surface area contributed by atoms with Gasteiger partial charge in [-0.15, -0.1) is 0 Å². The number of rotatable bonds is 6. The van der Waals surface area contributed by atoms with Gasteiger partial charge in [0, 0.05) is 0 Å². The third-order valence-corrected chi connectivity index (χ3v) is 3.08. The third kappa shape index (κ3) is 4.92. The van der Waals surface area contributed by atoms with Crippen LogP contribution in [0.3, 0.4) is 0 Å². The molecule has 18 heavy (non-hydrogen) atoms. The van der Waals surface area contributed by atoms with Crippen molar-refractivity contribution in [1.82, 2.24) is 4.89 Å². The molecule has 0 spiro atoms. The van der Waals surface area contributed by atoms with E-state index < -0.39 is 0 Å². The summed E-state index contributed by atoms with van der Waals surface area (Å²) in [7, 11) is 2.00. The summed E-state index contributed by atoms with van der Waals surface area (Å²) in [5.41, 5.74) is 4.37. The standard InChI is InChI=1S/C16H28BN/c1-11(2)7-14-10-17-18-16(9-13(5)6)15(14)8-12(3)4/h10-13H,7-9H2,1-6H3. The van der Waals surface area contributed by atoms with E-state index in [9.17, 15) is 0 Å². The van der Waals surface area contributed by atoms with Gasteiger partial charge in [-0.1, -0.05) is 0 Å². The zero-order valence-electron chi connectivity index (χ0n) is 13.0. The van der Waals surface area contributed by atoms with E-state index in [1.807, 2.05) is 7.05 Å². The first-order valence-electron chi connectivity index (χ1n) is 7.35. The summed E-state index contributed by atoms with van der Waals surface area (Å²) in [5.74, 6) is 4.32. The van der Waals surface area contributed by atoms with Gasteiger partial charge in [-0.05, 0) is 0 Å². The second-order valence-corrected chi connectivity index (χ2v) is 6.69. The van der Waals surface area contributed by atoms with E-state index >= 15 is 0 Å². The fraction of sp³-hybridized carbons (Fsp3) is 0.750.